The number of nitrogens with zero attached hydrogens (tertiary/aromatic N) is 11. The van der Waals surface area contributed by atoms with Crippen LogP contribution in [0, 0.1) is 12.7 Å². The van der Waals surface area contributed by atoms with Crippen LogP contribution < -0.4 is 26.1 Å². The zero-order valence-electron chi connectivity index (χ0n) is 41.4. The summed E-state index contributed by atoms with van der Waals surface area (Å²) in [5.74, 6) is 0.574. The number of nitrogens with one attached hydrogen (secondary N) is 1. The van der Waals surface area contributed by atoms with Gasteiger partial charge in [0.1, 0.15) is 22.0 Å². The largest absolute Gasteiger partial charge is 0.478 e. The molecule has 0 atom stereocenters. The number of halogens is 1. The number of ether oxygens (including phenoxy) is 1. The molecule has 1 amide bonds. The quantitative estimate of drug-likeness (QED) is 0.124. The molecule has 0 unspecified atom stereocenters. The molecule has 1 N–H and O–H groups in total. The first-order valence-corrected chi connectivity index (χ1v) is 25.6. The number of benzene rings is 2. The van der Waals surface area contributed by atoms with E-state index in [2.05, 4.69) is 47.0 Å². The Balaban J connectivity index is 0.000000166. The van der Waals surface area contributed by atoms with Crippen molar-refractivity contribution < 1.29 is 13.9 Å². The third-order valence-corrected chi connectivity index (χ3v) is 14.8. The van der Waals surface area contributed by atoms with Gasteiger partial charge in [0, 0.05) is 80.3 Å². The Kier molecular flexibility index (Phi) is 14.1. The molecular weight excluding hydrogens is 932 g/mol. The summed E-state index contributed by atoms with van der Waals surface area (Å²) in [6, 6.07) is 18.4. The maximum atomic E-state index is 15.1. The van der Waals surface area contributed by atoms with E-state index in [1.165, 1.54) is 49.8 Å². The maximum Gasteiger partial charge on any atom is 0.329 e. The number of hydrogen-bond acceptors (Lipinski definition) is 13. The van der Waals surface area contributed by atoms with Gasteiger partial charge in [-0.25, -0.2) is 19.2 Å². The fourth-order valence-corrected chi connectivity index (χ4v) is 11.0. The highest BCUT2D eigenvalue weighted by Gasteiger charge is 2.25. The number of carbonyl (C=O) groups excluding carboxylic acids is 1. The lowest BCUT2D eigenvalue weighted by Crippen LogP contribution is -2.31. The highest BCUT2D eigenvalue weighted by molar-refractivity contribution is 7.24. The van der Waals surface area contributed by atoms with Gasteiger partial charge in [-0.3, -0.25) is 38.1 Å². The minimum absolute atomic E-state index is 0.0432. The van der Waals surface area contributed by atoms with E-state index >= 15 is 4.39 Å². The molecule has 2 aliphatic rings. The number of hydrogen-bond donors (Lipinski definition) is 1. The number of aryl methyl sites for hydroxylation is 2. The number of aromatic nitrogens is 8. The standard InChI is InChI=1S/C27H32FN5O2.C27H27N7O2S/c1-18(2)33-26-21-14-20(22(28)15-23(21)29-17-24(26)31(3)27(33)34)19-8-9-25(30-16-19)35-13-7-12-32-10-5-4-6-11-32;1-17-14-29-18(15-28-17)16-30-26(36)23-24(35)19-8-9-22(33-11-5-10-32(2)12-13-33)31-25(19)34-20-6-3-4-7-21(20)37-27(23)34/h8-9,14-18H,4-7,10-13H2,1-3H3;3-4,6-9,14-15H,5,10-13,16H2,1-2H3,(H,30,36). The summed E-state index contributed by atoms with van der Waals surface area (Å²) in [6.07, 6.45) is 12.5. The van der Waals surface area contributed by atoms with E-state index < -0.39 is 5.91 Å². The van der Waals surface area contributed by atoms with Crippen molar-refractivity contribution in [2.75, 3.05) is 64.4 Å². The van der Waals surface area contributed by atoms with Crippen LogP contribution in [0.15, 0.2) is 95.0 Å². The van der Waals surface area contributed by atoms with Crippen molar-refractivity contribution in [1.82, 2.24) is 53.6 Å². The van der Waals surface area contributed by atoms with Gasteiger partial charge in [0.2, 0.25) is 11.3 Å². The predicted molar refractivity (Wildman–Crippen MR) is 283 cm³/mol. The molecule has 2 saturated heterocycles. The number of piperidine rings is 1. The lowest BCUT2D eigenvalue weighted by molar-refractivity contribution is 0.0951. The lowest BCUT2D eigenvalue weighted by atomic mass is 10.0. The van der Waals surface area contributed by atoms with Gasteiger partial charge in [0.05, 0.1) is 69.1 Å². The van der Waals surface area contributed by atoms with Crippen molar-refractivity contribution in [3.63, 3.8) is 0 Å². The first-order valence-electron chi connectivity index (χ1n) is 24.8. The van der Waals surface area contributed by atoms with Crippen molar-refractivity contribution in [3.05, 3.63) is 129 Å². The SMILES string of the molecule is CC(C)n1c(=O)n(C)c2cnc3cc(F)c(-c4ccc(OCCCN5CCCCC5)nc4)cc3c21.Cc1cnc(CNC(=O)c2c(=O)c3ccc(N4CCCN(C)CC4)nc3n3c2sc2ccccc23)cn1. The number of amides is 1. The fourth-order valence-electron chi connectivity index (χ4n) is 9.82. The summed E-state index contributed by atoms with van der Waals surface area (Å²) in [6.45, 7) is 13.8. The smallest absolute Gasteiger partial charge is 0.329 e. The molecule has 11 rings (SSSR count). The van der Waals surface area contributed by atoms with Crippen LogP contribution in [0.3, 0.4) is 0 Å². The van der Waals surface area contributed by atoms with Crippen LogP contribution in [0.5, 0.6) is 5.88 Å². The van der Waals surface area contributed by atoms with Crippen molar-refractivity contribution in [2.24, 2.45) is 7.05 Å². The van der Waals surface area contributed by atoms with Gasteiger partial charge in [-0.05, 0) is 110 Å². The van der Waals surface area contributed by atoms with Crippen LogP contribution in [0.4, 0.5) is 10.2 Å². The van der Waals surface area contributed by atoms with E-state index in [9.17, 15) is 14.4 Å². The number of thiazole rings is 1. The second kappa shape index (κ2) is 20.9. The van der Waals surface area contributed by atoms with Gasteiger partial charge >= 0.3 is 5.69 Å². The van der Waals surface area contributed by atoms with Gasteiger partial charge < -0.3 is 24.8 Å². The molecular formula is C54H59FN12O4S. The fraction of sp³-hybridized carbons (Fsp3) is 0.370. The molecule has 0 aliphatic carbocycles. The van der Waals surface area contributed by atoms with Crippen LogP contribution >= 0.6 is 11.3 Å². The average Bonchev–Trinajstić information content (AvgIpc) is 3.80. The molecule has 9 aromatic rings. The summed E-state index contributed by atoms with van der Waals surface area (Å²) in [4.78, 5) is 70.0. The number of likely N-dealkylation sites (tertiary alicyclic amines) is 1. The first kappa shape index (κ1) is 48.5. The predicted octanol–water partition coefficient (Wildman–Crippen LogP) is 8.16. The summed E-state index contributed by atoms with van der Waals surface area (Å²) in [5.41, 5.74) is 5.69. The van der Waals surface area contributed by atoms with Crippen molar-refractivity contribution in [1.29, 1.82) is 0 Å². The van der Waals surface area contributed by atoms with Gasteiger partial charge in [-0.2, -0.15) is 0 Å². The van der Waals surface area contributed by atoms with Gasteiger partial charge in [0.25, 0.3) is 5.91 Å². The number of pyridine rings is 4. The van der Waals surface area contributed by atoms with Crippen LogP contribution in [-0.2, 0) is 13.6 Å². The second-order valence-corrected chi connectivity index (χ2v) is 20.1. The van der Waals surface area contributed by atoms with Gasteiger partial charge in [0.15, 0.2) is 5.65 Å². The zero-order chi connectivity index (χ0) is 50.0. The zero-order valence-corrected chi connectivity index (χ0v) is 42.2. The van der Waals surface area contributed by atoms with Gasteiger partial charge in [-0.15, -0.1) is 11.3 Å². The van der Waals surface area contributed by atoms with Crippen molar-refractivity contribution in [3.8, 4) is 17.0 Å². The molecule has 72 heavy (non-hydrogen) atoms. The molecule has 9 heterocycles. The van der Waals surface area contributed by atoms with E-state index in [1.807, 2.05) is 67.6 Å². The normalized spacial score (nSPS) is 14.9. The van der Waals surface area contributed by atoms with Crippen molar-refractivity contribution in [2.45, 2.75) is 65.5 Å². The van der Waals surface area contributed by atoms with E-state index in [-0.39, 0.29) is 35.1 Å². The Morgan fingerprint density at radius 3 is 2.44 bits per heavy atom. The molecule has 16 nitrogen and oxygen atoms in total. The summed E-state index contributed by atoms with van der Waals surface area (Å²) < 4.78 is 27.2. The Bertz CT molecular complexity index is 3570. The highest BCUT2D eigenvalue weighted by Crippen LogP contribution is 2.34. The minimum Gasteiger partial charge on any atom is -0.478 e. The van der Waals surface area contributed by atoms with Crippen LogP contribution in [0.2, 0.25) is 0 Å². The summed E-state index contributed by atoms with van der Waals surface area (Å²) >= 11 is 1.43. The van der Waals surface area contributed by atoms with Crippen LogP contribution in [-0.4, -0.2) is 114 Å². The van der Waals surface area contributed by atoms with Crippen LogP contribution in [0.1, 0.15) is 73.7 Å². The highest BCUT2D eigenvalue weighted by atomic mass is 32.1. The van der Waals surface area contributed by atoms with Crippen molar-refractivity contribution >= 4 is 71.1 Å². The Morgan fingerprint density at radius 2 is 1.67 bits per heavy atom. The summed E-state index contributed by atoms with van der Waals surface area (Å²) in [5, 5.41) is 4.04. The molecule has 0 spiro atoms. The molecule has 0 bridgehead atoms. The molecule has 2 aromatic carbocycles. The third-order valence-electron chi connectivity index (χ3n) is 13.7. The van der Waals surface area contributed by atoms with Gasteiger partial charge in [-0.1, -0.05) is 18.6 Å². The van der Waals surface area contributed by atoms with E-state index in [1.54, 1.807) is 53.1 Å². The Hall–Kier alpha value is -7.15. The molecule has 18 heteroatoms. The Morgan fingerprint density at radius 1 is 0.833 bits per heavy atom. The topological polar surface area (TPSA) is 161 Å². The van der Waals surface area contributed by atoms with E-state index in [0.717, 1.165) is 83.7 Å². The lowest BCUT2D eigenvalue weighted by Gasteiger charge is -2.26. The monoisotopic (exact) mass is 990 g/mol. The average molecular weight is 991 g/mol. The van der Waals surface area contributed by atoms with E-state index in [0.29, 0.717) is 50.7 Å². The minimum atomic E-state index is -0.432. The van der Waals surface area contributed by atoms with E-state index in [4.69, 9.17) is 9.72 Å². The first-order chi connectivity index (χ1) is 34.9. The number of likely N-dealkylation sites (N-methyl/N-ethyl adjacent to an activating group) is 1. The molecule has 372 valence electrons. The molecule has 0 radical (unpaired) electrons. The number of imidazole rings is 1. The molecule has 2 fully saturated rings. The molecule has 0 saturated carbocycles. The summed E-state index contributed by atoms with van der Waals surface area (Å²) in [7, 11) is 3.87. The number of carbonyl (C=O) groups is 1. The maximum absolute atomic E-state index is 15.1. The number of para-hydroxylation sites is 1. The second-order valence-electron chi connectivity index (χ2n) is 19.1. The number of anilines is 1. The Labute approximate surface area is 419 Å². The molecule has 2 aliphatic heterocycles. The number of rotatable bonds is 11. The third kappa shape index (κ3) is 9.77. The number of fused-ring (bicyclic) bond motifs is 8. The van der Waals surface area contributed by atoms with Crippen LogP contribution in [0.25, 0.3) is 59.1 Å². The molecule has 7 aromatic heterocycles.